The molecule has 0 aliphatic rings. The first-order valence-corrected chi connectivity index (χ1v) is 6.88. The molecule has 0 fully saturated rings. The Balaban J connectivity index is 2.63. The summed E-state index contributed by atoms with van der Waals surface area (Å²) < 4.78 is 13.0. The van der Waals surface area contributed by atoms with E-state index in [0.717, 1.165) is 31.4 Å². The van der Waals surface area contributed by atoms with E-state index in [2.05, 4.69) is 4.90 Å². The molecule has 0 heterocycles. The average molecular weight is 268 g/mol. The van der Waals surface area contributed by atoms with Crippen molar-refractivity contribution >= 4 is 0 Å². The SMILES string of the molecule is CC(N)C(c1ccc(F)cc1)N(C)CCCCCO. The zero-order chi connectivity index (χ0) is 14.3. The van der Waals surface area contributed by atoms with Crippen molar-refractivity contribution in [3.05, 3.63) is 35.6 Å². The lowest BCUT2D eigenvalue weighted by molar-refractivity contribution is 0.210. The van der Waals surface area contributed by atoms with Crippen molar-refractivity contribution in [3.8, 4) is 0 Å². The molecule has 0 aromatic heterocycles. The summed E-state index contributed by atoms with van der Waals surface area (Å²) in [6.07, 6.45) is 2.88. The molecule has 2 atom stereocenters. The minimum Gasteiger partial charge on any atom is -0.396 e. The first-order valence-electron chi connectivity index (χ1n) is 6.88. The van der Waals surface area contributed by atoms with Crippen LogP contribution in [0.4, 0.5) is 4.39 Å². The fourth-order valence-corrected chi connectivity index (χ4v) is 2.41. The van der Waals surface area contributed by atoms with Crippen molar-refractivity contribution < 1.29 is 9.50 Å². The van der Waals surface area contributed by atoms with Gasteiger partial charge in [-0.25, -0.2) is 4.39 Å². The Labute approximate surface area is 115 Å². The molecule has 0 spiro atoms. The second-order valence-electron chi connectivity index (χ2n) is 5.12. The van der Waals surface area contributed by atoms with Gasteiger partial charge < -0.3 is 10.8 Å². The van der Waals surface area contributed by atoms with Crippen LogP contribution >= 0.6 is 0 Å². The summed E-state index contributed by atoms with van der Waals surface area (Å²) in [5.74, 6) is -0.224. The maximum absolute atomic E-state index is 13.0. The minimum atomic E-state index is -0.224. The topological polar surface area (TPSA) is 49.5 Å². The molecule has 0 bridgehead atoms. The molecule has 19 heavy (non-hydrogen) atoms. The van der Waals surface area contributed by atoms with E-state index in [-0.39, 0.29) is 24.5 Å². The number of hydrogen-bond donors (Lipinski definition) is 2. The van der Waals surface area contributed by atoms with Gasteiger partial charge in [0.2, 0.25) is 0 Å². The monoisotopic (exact) mass is 268 g/mol. The molecule has 1 aromatic carbocycles. The maximum Gasteiger partial charge on any atom is 0.123 e. The van der Waals surface area contributed by atoms with Crippen molar-refractivity contribution in [3.63, 3.8) is 0 Å². The van der Waals surface area contributed by atoms with Gasteiger partial charge in [0, 0.05) is 18.7 Å². The maximum atomic E-state index is 13.0. The van der Waals surface area contributed by atoms with Crippen LogP contribution in [0.1, 0.15) is 37.8 Å². The van der Waals surface area contributed by atoms with Crippen molar-refractivity contribution in [1.29, 1.82) is 0 Å². The number of hydrogen-bond acceptors (Lipinski definition) is 3. The van der Waals surface area contributed by atoms with Crippen LogP contribution in [0.25, 0.3) is 0 Å². The van der Waals surface area contributed by atoms with Gasteiger partial charge in [-0.1, -0.05) is 12.1 Å². The number of unbranched alkanes of at least 4 members (excludes halogenated alkanes) is 2. The third-order valence-electron chi connectivity index (χ3n) is 3.35. The lowest BCUT2D eigenvalue weighted by Crippen LogP contribution is -2.37. The van der Waals surface area contributed by atoms with Crippen LogP contribution in [0.15, 0.2) is 24.3 Å². The molecule has 0 saturated carbocycles. The molecular formula is C15H25FN2O. The predicted molar refractivity (Wildman–Crippen MR) is 76.4 cm³/mol. The number of benzene rings is 1. The van der Waals surface area contributed by atoms with Crippen LogP contribution in [0.5, 0.6) is 0 Å². The van der Waals surface area contributed by atoms with Gasteiger partial charge in [-0.2, -0.15) is 0 Å². The normalized spacial score (nSPS) is 14.6. The number of aliphatic hydroxyl groups is 1. The number of nitrogens with two attached hydrogens (primary N) is 1. The number of nitrogens with zero attached hydrogens (tertiary/aromatic N) is 1. The summed E-state index contributed by atoms with van der Waals surface area (Å²) >= 11 is 0. The fourth-order valence-electron chi connectivity index (χ4n) is 2.41. The van der Waals surface area contributed by atoms with Gasteiger partial charge in [-0.3, -0.25) is 4.90 Å². The van der Waals surface area contributed by atoms with Crippen molar-refractivity contribution in [2.75, 3.05) is 20.2 Å². The molecule has 1 rings (SSSR count). The van der Waals surface area contributed by atoms with Crippen molar-refractivity contribution in [1.82, 2.24) is 4.90 Å². The molecule has 2 unspecified atom stereocenters. The van der Waals surface area contributed by atoms with Gasteiger partial charge in [-0.05, 0) is 57.5 Å². The first-order chi connectivity index (χ1) is 9.06. The number of aliphatic hydroxyl groups excluding tert-OH is 1. The quantitative estimate of drug-likeness (QED) is 0.711. The van der Waals surface area contributed by atoms with Crippen molar-refractivity contribution in [2.45, 2.75) is 38.3 Å². The lowest BCUT2D eigenvalue weighted by atomic mass is 9.99. The third-order valence-corrected chi connectivity index (χ3v) is 3.35. The highest BCUT2D eigenvalue weighted by atomic mass is 19.1. The van der Waals surface area contributed by atoms with Crippen LogP contribution in [-0.2, 0) is 0 Å². The van der Waals surface area contributed by atoms with E-state index in [9.17, 15) is 4.39 Å². The smallest absolute Gasteiger partial charge is 0.123 e. The van der Waals surface area contributed by atoms with Crippen LogP contribution in [0.2, 0.25) is 0 Å². The first kappa shape index (κ1) is 16.1. The Morgan fingerprint density at radius 3 is 2.37 bits per heavy atom. The minimum absolute atomic E-state index is 0.0201. The molecule has 0 radical (unpaired) electrons. The lowest BCUT2D eigenvalue weighted by Gasteiger charge is -2.31. The summed E-state index contributed by atoms with van der Waals surface area (Å²) in [5, 5.41) is 8.76. The highest BCUT2D eigenvalue weighted by Gasteiger charge is 2.20. The largest absolute Gasteiger partial charge is 0.396 e. The van der Waals surface area contributed by atoms with Gasteiger partial charge in [0.25, 0.3) is 0 Å². The third kappa shape index (κ3) is 5.27. The van der Waals surface area contributed by atoms with E-state index in [1.807, 2.05) is 14.0 Å². The Kier molecular flexibility index (Phi) is 6.99. The van der Waals surface area contributed by atoms with Crippen molar-refractivity contribution in [2.24, 2.45) is 5.73 Å². The van der Waals surface area contributed by atoms with Gasteiger partial charge in [0.05, 0.1) is 0 Å². The van der Waals surface area contributed by atoms with E-state index < -0.39 is 0 Å². The molecular weight excluding hydrogens is 243 g/mol. The van der Waals surface area contributed by atoms with Gasteiger partial charge >= 0.3 is 0 Å². The number of rotatable bonds is 8. The van der Waals surface area contributed by atoms with E-state index in [0.29, 0.717) is 0 Å². The van der Waals surface area contributed by atoms with Crippen LogP contribution < -0.4 is 5.73 Å². The second-order valence-corrected chi connectivity index (χ2v) is 5.12. The Hall–Kier alpha value is -0.970. The standard InChI is InChI=1S/C15H25FN2O/c1-12(17)15(13-6-8-14(16)9-7-13)18(2)10-4-3-5-11-19/h6-9,12,15,19H,3-5,10-11,17H2,1-2H3. The molecule has 0 amide bonds. The molecule has 1 aromatic rings. The number of likely N-dealkylation sites (N-methyl/N-ethyl adjacent to an activating group) is 1. The van der Waals surface area contributed by atoms with Crippen LogP contribution in [-0.4, -0.2) is 36.2 Å². The summed E-state index contributed by atoms with van der Waals surface area (Å²) in [5.41, 5.74) is 7.11. The zero-order valence-corrected chi connectivity index (χ0v) is 11.8. The average Bonchev–Trinajstić information content (AvgIpc) is 2.37. The number of halogens is 1. The Morgan fingerprint density at radius 1 is 1.21 bits per heavy atom. The highest BCUT2D eigenvalue weighted by molar-refractivity contribution is 5.21. The van der Waals surface area contributed by atoms with E-state index in [1.54, 1.807) is 12.1 Å². The zero-order valence-electron chi connectivity index (χ0n) is 11.8. The fraction of sp³-hybridized carbons (Fsp3) is 0.600. The van der Waals surface area contributed by atoms with E-state index >= 15 is 0 Å². The van der Waals surface area contributed by atoms with E-state index in [4.69, 9.17) is 10.8 Å². The van der Waals surface area contributed by atoms with Gasteiger partial charge in [-0.15, -0.1) is 0 Å². The Bertz CT molecular complexity index is 354. The van der Waals surface area contributed by atoms with Crippen LogP contribution in [0, 0.1) is 5.82 Å². The molecule has 0 aliphatic carbocycles. The van der Waals surface area contributed by atoms with Gasteiger partial charge in [0.15, 0.2) is 0 Å². The summed E-state index contributed by atoms with van der Waals surface area (Å²) in [4.78, 5) is 2.20. The molecule has 3 nitrogen and oxygen atoms in total. The highest BCUT2D eigenvalue weighted by Crippen LogP contribution is 2.23. The van der Waals surface area contributed by atoms with E-state index in [1.165, 1.54) is 12.1 Å². The molecule has 108 valence electrons. The molecule has 3 N–H and O–H groups in total. The summed E-state index contributed by atoms with van der Waals surface area (Å²) in [7, 11) is 2.04. The molecule has 0 saturated heterocycles. The molecule has 4 heteroatoms. The van der Waals surface area contributed by atoms with Gasteiger partial charge in [0.1, 0.15) is 5.82 Å². The summed E-state index contributed by atoms with van der Waals surface area (Å²) in [6, 6.07) is 6.62. The summed E-state index contributed by atoms with van der Waals surface area (Å²) in [6.45, 7) is 3.14. The molecule has 0 aliphatic heterocycles. The Morgan fingerprint density at radius 2 is 1.84 bits per heavy atom. The second kappa shape index (κ2) is 8.25. The van der Waals surface area contributed by atoms with Crippen LogP contribution in [0.3, 0.4) is 0 Å². The predicted octanol–water partition coefficient (Wildman–Crippen LogP) is 2.31.